The Kier molecular flexibility index (Phi) is 11.5. The molecule has 0 fully saturated rings. The van der Waals surface area contributed by atoms with Gasteiger partial charge in [0, 0.05) is 12.1 Å². The number of benzene rings is 3. The summed E-state index contributed by atoms with van der Waals surface area (Å²) in [5.41, 5.74) is -4.81. The summed E-state index contributed by atoms with van der Waals surface area (Å²) in [6.07, 6.45) is 0.676. The number of ether oxygens (including phenoxy) is 2. The van der Waals surface area contributed by atoms with Gasteiger partial charge in [-0.15, -0.1) is 0 Å². The Labute approximate surface area is 247 Å². The van der Waals surface area contributed by atoms with Crippen LogP contribution >= 0.6 is 7.60 Å². The molecule has 0 saturated heterocycles. The van der Waals surface area contributed by atoms with Gasteiger partial charge in [0.25, 0.3) is 0 Å². The molecule has 0 aliphatic heterocycles. The van der Waals surface area contributed by atoms with Crippen LogP contribution in [0.5, 0.6) is 5.75 Å². The fourth-order valence-corrected chi connectivity index (χ4v) is 5.61. The van der Waals surface area contributed by atoms with Gasteiger partial charge in [-0.3, -0.25) is 9.36 Å². The lowest BCUT2D eigenvalue weighted by atomic mass is 10.0. The standard InChI is InChI=1S/C28H31F2N2O9PS/c1-40-27(34)23-11-5-6-12-25(23)41-18-8-7-17-31-26(33)24(32-43(38,39)22-9-3-2-4-10-22)19-20-13-15-21(16-14-20)28(29,30)42(35,36)37/h2-6,9-16,24,32H,7-8,17-19H2,1H3,(H,31,33)(H2,35,36,37)/t24-/m0/s1. The highest BCUT2D eigenvalue weighted by molar-refractivity contribution is 7.89. The lowest BCUT2D eigenvalue weighted by molar-refractivity contribution is -0.122. The van der Waals surface area contributed by atoms with Crippen LogP contribution < -0.4 is 14.8 Å². The first-order valence-electron chi connectivity index (χ1n) is 12.9. The third-order valence-corrected chi connectivity index (χ3v) is 8.67. The topological polar surface area (TPSA) is 168 Å². The Morgan fingerprint density at radius 1 is 0.953 bits per heavy atom. The first-order valence-corrected chi connectivity index (χ1v) is 16.0. The van der Waals surface area contributed by atoms with E-state index in [0.29, 0.717) is 18.6 Å². The van der Waals surface area contributed by atoms with E-state index < -0.39 is 46.8 Å². The molecule has 232 valence electrons. The number of amides is 1. The zero-order chi connectivity index (χ0) is 31.7. The summed E-state index contributed by atoms with van der Waals surface area (Å²) in [4.78, 5) is 42.8. The molecule has 0 saturated carbocycles. The van der Waals surface area contributed by atoms with Crippen LogP contribution in [0, 0.1) is 0 Å². The van der Waals surface area contributed by atoms with Crippen LogP contribution in [0.4, 0.5) is 8.78 Å². The molecule has 0 aromatic heterocycles. The Morgan fingerprint density at radius 3 is 2.21 bits per heavy atom. The van der Waals surface area contributed by atoms with Crippen LogP contribution in [-0.4, -0.2) is 56.4 Å². The van der Waals surface area contributed by atoms with E-state index in [0.717, 1.165) is 24.3 Å². The number of esters is 1. The van der Waals surface area contributed by atoms with E-state index in [9.17, 15) is 31.4 Å². The molecule has 0 aliphatic carbocycles. The molecule has 3 aromatic carbocycles. The number of hydrogen-bond donors (Lipinski definition) is 4. The Morgan fingerprint density at radius 2 is 1.58 bits per heavy atom. The predicted octanol–water partition coefficient (Wildman–Crippen LogP) is 3.57. The molecule has 0 unspecified atom stereocenters. The Hall–Kier alpha value is -3.68. The zero-order valence-electron chi connectivity index (χ0n) is 23.0. The first-order chi connectivity index (χ1) is 20.3. The number of alkyl halides is 2. The second-order valence-electron chi connectivity index (χ2n) is 9.31. The van der Waals surface area contributed by atoms with E-state index in [1.165, 1.54) is 31.4 Å². The first kappa shape index (κ1) is 33.8. The lowest BCUT2D eigenvalue weighted by Gasteiger charge is -2.20. The molecule has 3 rings (SSSR count). The van der Waals surface area contributed by atoms with Gasteiger partial charge < -0.3 is 24.6 Å². The quantitative estimate of drug-likeness (QED) is 0.110. The predicted molar refractivity (Wildman–Crippen MR) is 152 cm³/mol. The van der Waals surface area contributed by atoms with Crippen molar-refractivity contribution < 1.29 is 50.6 Å². The highest BCUT2D eigenvalue weighted by Crippen LogP contribution is 2.59. The van der Waals surface area contributed by atoms with Crippen molar-refractivity contribution in [3.05, 3.63) is 95.6 Å². The van der Waals surface area contributed by atoms with Gasteiger partial charge >= 0.3 is 19.2 Å². The maximum absolute atomic E-state index is 14.0. The molecule has 11 nitrogen and oxygen atoms in total. The number of halogens is 2. The highest BCUT2D eigenvalue weighted by atomic mass is 32.2. The number of unbranched alkanes of at least 4 members (excludes halogenated alkanes) is 1. The maximum Gasteiger partial charge on any atom is 0.399 e. The molecule has 0 spiro atoms. The molecule has 1 amide bonds. The van der Waals surface area contributed by atoms with Gasteiger partial charge in [0.15, 0.2) is 0 Å². The van der Waals surface area contributed by atoms with Crippen LogP contribution in [-0.2, 0) is 36.2 Å². The van der Waals surface area contributed by atoms with Gasteiger partial charge in [-0.05, 0) is 49.1 Å². The van der Waals surface area contributed by atoms with E-state index >= 15 is 0 Å². The SMILES string of the molecule is COC(=O)c1ccccc1OCCCCNC(=O)[C@H](Cc1ccc(C(F)(F)P(=O)(O)O)cc1)NS(=O)(=O)c1ccccc1. The summed E-state index contributed by atoms with van der Waals surface area (Å²) < 4.78 is 77.9. The molecule has 4 N–H and O–H groups in total. The number of methoxy groups -OCH3 is 1. The Bertz CT molecular complexity index is 1550. The number of carbonyl (C=O) groups excluding carboxylic acids is 2. The minimum atomic E-state index is -5.78. The molecule has 43 heavy (non-hydrogen) atoms. The number of sulfonamides is 1. The van der Waals surface area contributed by atoms with E-state index in [1.807, 2.05) is 0 Å². The van der Waals surface area contributed by atoms with Crippen LogP contribution in [0.15, 0.2) is 83.8 Å². The molecular weight excluding hydrogens is 609 g/mol. The number of para-hydroxylation sites is 1. The summed E-state index contributed by atoms with van der Waals surface area (Å²) in [5.74, 6) is -0.878. The van der Waals surface area contributed by atoms with Crippen LogP contribution in [0.2, 0.25) is 0 Å². The summed E-state index contributed by atoms with van der Waals surface area (Å²) in [6.45, 7) is 0.372. The van der Waals surface area contributed by atoms with Crippen molar-refractivity contribution in [2.75, 3.05) is 20.3 Å². The van der Waals surface area contributed by atoms with Gasteiger partial charge in [0.05, 0.1) is 18.6 Å². The van der Waals surface area contributed by atoms with Crippen LogP contribution in [0.3, 0.4) is 0 Å². The second-order valence-corrected chi connectivity index (χ2v) is 12.7. The van der Waals surface area contributed by atoms with Gasteiger partial charge in [-0.25, -0.2) is 13.2 Å². The van der Waals surface area contributed by atoms with E-state index in [-0.39, 0.29) is 35.6 Å². The van der Waals surface area contributed by atoms with Crippen LogP contribution in [0.25, 0.3) is 0 Å². The number of carbonyl (C=O) groups is 2. The van der Waals surface area contributed by atoms with Crippen molar-refractivity contribution >= 4 is 29.5 Å². The van der Waals surface area contributed by atoms with Crippen molar-refractivity contribution in [2.24, 2.45) is 0 Å². The summed E-state index contributed by atoms with van der Waals surface area (Å²) in [5, 5.41) is 2.65. The van der Waals surface area contributed by atoms with E-state index in [1.54, 1.807) is 30.3 Å². The molecule has 3 aromatic rings. The molecular formula is C28H31F2N2O9PS. The van der Waals surface area contributed by atoms with E-state index in [2.05, 4.69) is 10.0 Å². The summed E-state index contributed by atoms with van der Waals surface area (Å²) in [6, 6.07) is 16.4. The molecule has 0 aliphatic rings. The summed E-state index contributed by atoms with van der Waals surface area (Å²) >= 11 is 0. The maximum atomic E-state index is 14.0. The zero-order valence-corrected chi connectivity index (χ0v) is 24.7. The van der Waals surface area contributed by atoms with Gasteiger partial charge in [0.2, 0.25) is 15.9 Å². The lowest BCUT2D eigenvalue weighted by Crippen LogP contribution is -2.48. The highest BCUT2D eigenvalue weighted by Gasteiger charge is 2.50. The molecule has 0 heterocycles. The largest absolute Gasteiger partial charge is 0.493 e. The van der Waals surface area contributed by atoms with Crippen molar-refractivity contribution in [3.63, 3.8) is 0 Å². The smallest absolute Gasteiger partial charge is 0.399 e. The van der Waals surface area contributed by atoms with Gasteiger partial charge in [-0.2, -0.15) is 13.5 Å². The average Bonchev–Trinajstić information content (AvgIpc) is 2.98. The second kappa shape index (κ2) is 14.7. The number of hydrogen-bond acceptors (Lipinski definition) is 7. The van der Waals surface area contributed by atoms with Crippen LogP contribution in [0.1, 0.15) is 34.3 Å². The number of nitrogens with one attached hydrogen (secondary N) is 2. The normalized spacial score (nSPS) is 12.8. The summed E-state index contributed by atoms with van der Waals surface area (Å²) in [7, 11) is -8.67. The molecule has 0 radical (unpaired) electrons. The minimum Gasteiger partial charge on any atom is -0.493 e. The van der Waals surface area contributed by atoms with Crippen molar-refractivity contribution in [1.29, 1.82) is 0 Å². The molecule has 1 atom stereocenters. The van der Waals surface area contributed by atoms with Crippen molar-refractivity contribution in [2.45, 2.75) is 35.9 Å². The molecule has 0 bridgehead atoms. The number of rotatable bonds is 15. The molecule has 15 heteroatoms. The van der Waals surface area contributed by atoms with Crippen molar-refractivity contribution in [1.82, 2.24) is 10.0 Å². The van der Waals surface area contributed by atoms with E-state index in [4.69, 9.17) is 19.3 Å². The van der Waals surface area contributed by atoms with Gasteiger partial charge in [0.1, 0.15) is 17.4 Å². The van der Waals surface area contributed by atoms with Gasteiger partial charge in [-0.1, -0.05) is 54.6 Å². The third-order valence-electron chi connectivity index (χ3n) is 6.19. The fourth-order valence-electron chi connectivity index (χ4n) is 3.90. The third kappa shape index (κ3) is 9.15. The van der Waals surface area contributed by atoms with Crippen molar-refractivity contribution in [3.8, 4) is 5.75 Å². The average molecular weight is 641 g/mol. The monoisotopic (exact) mass is 640 g/mol. The Balaban J connectivity index is 1.65. The fraction of sp³-hybridized carbons (Fsp3) is 0.286. The minimum absolute atomic E-state index is 0.0891.